The van der Waals surface area contributed by atoms with Gasteiger partial charge in [0.1, 0.15) is 0 Å². The first-order valence-electron chi connectivity index (χ1n) is 7.43. The second-order valence-corrected chi connectivity index (χ2v) is 5.48. The number of aliphatic hydroxyl groups is 1. The molecule has 0 radical (unpaired) electrons. The highest BCUT2D eigenvalue weighted by Gasteiger charge is 2.34. The van der Waals surface area contributed by atoms with Gasteiger partial charge in [0.05, 0.1) is 5.60 Å². The monoisotopic (exact) mass is 276 g/mol. The van der Waals surface area contributed by atoms with Gasteiger partial charge in [0, 0.05) is 30.9 Å². The van der Waals surface area contributed by atoms with E-state index in [1.165, 1.54) is 0 Å². The van der Waals surface area contributed by atoms with Crippen molar-refractivity contribution >= 4 is 11.6 Å². The summed E-state index contributed by atoms with van der Waals surface area (Å²) >= 11 is 0. The molecule has 2 N–H and O–H groups in total. The van der Waals surface area contributed by atoms with Gasteiger partial charge in [-0.3, -0.25) is 4.79 Å². The number of hydrogen-bond donors (Lipinski definition) is 2. The van der Waals surface area contributed by atoms with Crippen molar-refractivity contribution < 1.29 is 9.90 Å². The normalized spacial score (nSPS) is 16.4. The van der Waals surface area contributed by atoms with Crippen LogP contribution in [0.1, 0.15) is 43.5 Å². The molecule has 0 atom stereocenters. The number of amides is 1. The summed E-state index contributed by atoms with van der Waals surface area (Å²) in [4.78, 5) is 14.3. The Morgan fingerprint density at radius 2 is 1.85 bits per heavy atom. The van der Waals surface area contributed by atoms with Crippen molar-refractivity contribution in [3.63, 3.8) is 0 Å². The highest BCUT2D eigenvalue weighted by atomic mass is 16.3. The topological polar surface area (TPSA) is 52.6 Å². The molecule has 1 fully saturated rings. The number of hydrogen-bond acceptors (Lipinski definition) is 3. The van der Waals surface area contributed by atoms with Gasteiger partial charge in [-0.1, -0.05) is 0 Å². The van der Waals surface area contributed by atoms with Crippen LogP contribution in [-0.4, -0.2) is 36.2 Å². The van der Waals surface area contributed by atoms with Gasteiger partial charge in [-0.15, -0.1) is 0 Å². The van der Waals surface area contributed by atoms with Crippen molar-refractivity contribution in [1.82, 2.24) is 5.32 Å². The standard InChI is InChI=1S/C16H24N2O2/c1-3-18(4-2)14-8-6-13(7-9-14)15(19)17-12-16(20)10-5-11-16/h6-9,20H,3-5,10-12H2,1-2H3,(H,17,19). The molecule has 1 aliphatic rings. The molecule has 4 heteroatoms. The van der Waals surface area contributed by atoms with Crippen LogP contribution in [0.5, 0.6) is 0 Å². The third-order valence-corrected chi connectivity index (χ3v) is 4.12. The predicted octanol–water partition coefficient (Wildman–Crippen LogP) is 2.18. The number of carbonyl (C=O) groups is 1. The molecule has 1 saturated carbocycles. The van der Waals surface area contributed by atoms with Gasteiger partial charge in [0.15, 0.2) is 0 Å². The first-order valence-corrected chi connectivity index (χ1v) is 7.43. The number of anilines is 1. The summed E-state index contributed by atoms with van der Waals surface area (Å²) in [6.45, 7) is 6.49. The molecule has 0 aliphatic heterocycles. The van der Waals surface area contributed by atoms with E-state index in [0.717, 1.165) is 38.0 Å². The van der Waals surface area contributed by atoms with Crippen molar-refractivity contribution in [1.29, 1.82) is 0 Å². The van der Waals surface area contributed by atoms with E-state index >= 15 is 0 Å². The molecule has 1 amide bonds. The Bertz CT molecular complexity index is 448. The predicted molar refractivity (Wildman–Crippen MR) is 81.1 cm³/mol. The SMILES string of the molecule is CCN(CC)c1ccc(C(=O)NCC2(O)CCC2)cc1. The maximum Gasteiger partial charge on any atom is 0.251 e. The number of carbonyl (C=O) groups excluding carboxylic acids is 1. The molecule has 0 spiro atoms. The van der Waals surface area contributed by atoms with E-state index in [9.17, 15) is 9.90 Å². The molecule has 1 aromatic rings. The molecular weight excluding hydrogens is 252 g/mol. The highest BCUT2D eigenvalue weighted by Crippen LogP contribution is 2.30. The average Bonchev–Trinajstić information content (AvgIpc) is 2.45. The molecule has 0 unspecified atom stereocenters. The molecule has 20 heavy (non-hydrogen) atoms. The zero-order valence-corrected chi connectivity index (χ0v) is 12.4. The molecule has 1 aromatic carbocycles. The lowest BCUT2D eigenvalue weighted by Crippen LogP contribution is -2.47. The highest BCUT2D eigenvalue weighted by molar-refractivity contribution is 5.94. The van der Waals surface area contributed by atoms with Crippen LogP contribution in [0.25, 0.3) is 0 Å². The lowest BCUT2D eigenvalue weighted by atomic mass is 9.80. The first-order chi connectivity index (χ1) is 9.58. The van der Waals surface area contributed by atoms with Crippen LogP contribution in [0.4, 0.5) is 5.69 Å². The van der Waals surface area contributed by atoms with Crippen molar-refractivity contribution in [3.05, 3.63) is 29.8 Å². The summed E-state index contributed by atoms with van der Waals surface area (Å²) in [5.41, 5.74) is 1.10. The summed E-state index contributed by atoms with van der Waals surface area (Å²) in [7, 11) is 0. The maximum atomic E-state index is 12.0. The van der Waals surface area contributed by atoms with Crippen LogP contribution in [-0.2, 0) is 0 Å². The lowest BCUT2D eigenvalue weighted by molar-refractivity contribution is -0.0300. The van der Waals surface area contributed by atoms with Gasteiger partial charge in [-0.05, 0) is 57.4 Å². The van der Waals surface area contributed by atoms with E-state index in [2.05, 4.69) is 24.1 Å². The van der Waals surface area contributed by atoms with Crippen LogP contribution >= 0.6 is 0 Å². The second kappa shape index (κ2) is 6.27. The Kier molecular flexibility index (Phi) is 4.65. The van der Waals surface area contributed by atoms with Crippen LogP contribution in [0, 0.1) is 0 Å². The molecule has 1 aliphatic carbocycles. The van der Waals surface area contributed by atoms with Gasteiger partial charge in [-0.2, -0.15) is 0 Å². The van der Waals surface area contributed by atoms with Crippen molar-refractivity contribution in [2.45, 2.75) is 38.7 Å². The minimum Gasteiger partial charge on any atom is -0.388 e. The van der Waals surface area contributed by atoms with Crippen LogP contribution in [0.3, 0.4) is 0 Å². The van der Waals surface area contributed by atoms with Crippen LogP contribution in [0.15, 0.2) is 24.3 Å². The van der Waals surface area contributed by atoms with Crippen LogP contribution < -0.4 is 10.2 Å². The molecule has 0 heterocycles. The Morgan fingerprint density at radius 3 is 2.30 bits per heavy atom. The van der Waals surface area contributed by atoms with E-state index in [0.29, 0.717) is 12.1 Å². The number of benzene rings is 1. The number of nitrogens with one attached hydrogen (secondary N) is 1. The largest absolute Gasteiger partial charge is 0.388 e. The average molecular weight is 276 g/mol. The van der Waals surface area contributed by atoms with Crippen LogP contribution in [0.2, 0.25) is 0 Å². The van der Waals surface area contributed by atoms with Crippen molar-refractivity contribution in [2.75, 3.05) is 24.5 Å². The Morgan fingerprint density at radius 1 is 1.25 bits per heavy atom. The first kappa shape index (κ1) is 14.9. The van der Waals surface area contributed by atoms with E-state index in [-0.39, 0.29) is 5.91 Å². The minimum atomic E-state index is -0.670. The lowest BCUT2D eigenvalue weighted by Gasteiger charge is -2.36. The molecule has 4 nitrogen and oxygen atoms in total. The summed E-state index contributed by atoms with van der Waals surface area (Å²) in [5.74, 6) is -0.114. The molecular formula is C16H24N2O2. The molecule has 2 rings (SSSR count). The van der Waals surface area contributed by atoms with Gasteiger partial charge < -0.3 is 15.3 Å². The third-order valence-electron chi connectivity index (χ3n) is 4.12. The quantitative estimate of drug-likeness (QED) is 0.837. The fraction of sp³-hybridized carbons (Fsp3) is 0.562. The van der Waals surface area contributed by atoms with E-state index in [4.69, 9.17) is 0 Å². The van der Waals surface area contributed by atoms with Gasteiger partial charge in [-0.25, -0.2) is 0 Å². The molecule has 0 saturated heterocycles. The van der Waals surface area contributed by atoms with Gasteiger partial charge in [0.25, 0.3) is 5.91 Å². The summed E-state index contributed by atoms with van der Waals surface area (Å²) < 4.78 is 0. The van der Waals surface area contributed by atoms with E-state index < -0.39 is 5.60 Å². The Balaban J connectivity index is 1.93. The Hall–Kier alpha value is -1.55. The number of nitrogens with zero attached hydrogens (tertiary/aromatic N) is 1. The zero-order chi connectivity index (χ0) is 14.6. The molecule has 0 aromatic heterocycles. The molecule has 110 valence electrons. The summed E-state index contributed by atoms with van der Waals surface area (Å²) in [6, 6.07) is 7.63. The second-order valence-electron chi connectivity index (χ2n) is 5.48. The van der Waals surface area contributed by atoms with Gasteiger partial charge >= 0.3 is 0 Å². The zero-order valence-electron chi connectivity index (χ0n) is 12.4. The molecule has 0 bridgehead atoms. The number of rotatable bonds is 6. The Labute approximate surface area is 120 Å². The maximum absolute atomic E-state index is 12.0. The van der Waals surface area contributed by atoms with E-state index in [1.807, 2.05) is 24.3 Å². The van der Waals surface area contributed by atoms with Crippen molar-refractivity contribution in [3.8, 4) is 0 Å². The fourth-order valence-corrected chi connectivity index (χ4v) is 2.52. The minimum absolute atomic E-state index is 0.114. The smallest absolute Gasteiger partial charge is 0.251 e. The van der Waals surface area contributed by atoms with Gasteiger partial charge in [0.2, 0.25) is 0 Å². The fourth-order valence-electron chi connectivity index (χ4n) is 2.52. The summed E-state index contributed by atoms with van der Waals surface area (Å²) in [6.07, 6.45) is 2.62. The third kappa shape index (κ3) is 3.31. The van der Waals surface area contributed by atoms with Crippen molar-refractivity contribution in [2.24, 2.45) is 0 Å². The summed E-state index contributed by atoms with van der Waals surface area (Å²) in [5, 5.41) is 12.8. The van der Waals surface area contributed by atoms with E-state index in [1.54, 1.807) is 0 Å².